The molecule has 2 unspecified atom stereocenters. The zero-order valence-corrected chi connectivity index (χ0v) is 21.2. The van der Waals surface area contributed by atoms with Gasteiger partial charge in [0.1, 0.15) is 5.75 Å². The largest absolute Gasteiger partial charge is 0.496 e. The monoisotopic (exact) mass is 493 g/mol. The van der Waals surface area contributed by atoms with Crippen molar-refractivity contribution in [2.45, 2.75) is 44.9 Å². The Balaban J connectivity index is 1.74. The fourth-order valence-corrected chi connectivity index (χ4v) is 5.12. The number of methoxy groups -OCH3 is 2. The number of ether oxygens (including phenoxy) is 3. The van der Waals surface area contributed by atoms with Crippen LogP contribution < -0.4 is 15.4 Å². The van der Waals surface area contributed by atoms with Crippen LogP contribution in [0.5, 0.6) is 5.75 Å². The maximum atomic E-state index is 13.3. The lowest BCUT2D eigenvalue weighted by molar-refractivity contribution is -0.139. The Morgan fingerprint density at radius 1 is 1.08 bits per heavy atom. The van der Waals surface area contributed by atoms with Crippen LogP contribution in [0.4, 0.5) is 4.79 Å². The van der Waals surface area contributed by atoms with Gasteiger partial charge in [0.15, 0.2) is 0 Å². The molecule has 4 rings (SSSR count). The van der Waals surface area contributed by atoms with Crippen molar-refractivity contribution in [3.05, 3.63) is 76.5 Å². The Labute approximate surface area is 212 Å². The first-order chi connectivity index (χ1) is 17.5. The number of carbonyl (C=O) groups is 2. The summed E-state index contributed by atoms with van der Waals surface area (Å²) < 4.78 is 16.3. The lowest BCUT2D eigenvalue weighted by Crippen LogP contribution is -2.49. The topological polar surface area (TPSA) is 89.1 Å². The minimum absolute atomic E-state index is 0.218. The quantitative estimate of drug-likeness (QED) is 0.508. The van der Waals surface area contributed by atoms with Crippen LogP contribution in [0.25, 0.3) is 0 Å². The van der Waals surface area contributed by atoms with E-state index in [9.17, 15) is 9.59 Å². The summed E-state index contributed by atoms with van der Waals surface area (Å²) in [5, 5.41) is 5.85. The van der Waals surface area contributed by atoms with E-state index in [1.54, 1.807) is 21.1 Å². The fraction of sp³-hybridized carbons (Fsp3) is 0.429. The lowest BCUT2D eigenvalue weighted by atomic mass is 9.92. The lowest BCUT2D eigenvalue weighted by Gasteiger charge is -2.38. The van der Waals surface area contributed by atoms with Gasteiger partial charge in [-0.3, -0.25) is 4.90 Å². The highest BCUT2D eigenvalue weighted by atomic mass is 16.5. The van der Waals surface area contributed by atoms with E-state index in [1.807, 2.05) is 24.3 Å². The number of nitrogens with zero attached hydrogens (tertiary/aromatic N) is 1. The third kappa shape index (κ3) is 5.71. The summed E-state index contributed by atoms with van der Waals surface area (Å²) in [7, 11) is 3.21. The second-order valence-corrected chi connectivity index (χ2v) is 9.04. The molecule has 2 aromatic rings. The zero-order valence-electron chi connectivity index (χ0n) is 21.2. The van der Waals surface area contributed by atoms with E-state index in [4.69, 9.17) is 14.2 Å². The molecule has 8 heteroatoms. The molecule has 2 aliphatic heterocycles. The molecule has 2 heterocycles. The third-order valence-electron chi connectivity index (χ3n) is 6.75. The molecule has 0 aromatic heterocycles. The average Bonchev–Trinajstić information content (AvgIpc) is 2.89. The molecule has 8 nitrogen and oxygen atoms in total. The molecule has 2 N–H and O–H groups in total. The molecule has 1 fully saturated rings. The molecule has 1 saturated heterocycles. The van der Waals surface area contributed by atoms with Gasteiger partial charge in [-0.05, 0) is 49.6 Å². The van der Waals surface area contributed by atoms with Gasteiger partial charge in [-0.25, -0.2) is 9.59 Å². The van der Waals surface area contributed by atoms with Crippen LogP contribution in [0.1, 0.15) is 55.0 Å². The maximum absolute atomic E-state index is 13.3. The molecule has 2 aliphatic rings. The molecule has 0 spiro atoms. The average molecular weight is 494 g/mol. The van der Waals surface area contributed by atoms with Gasteiger partial charge in [0.05, 0.1) is 31.9 Å². The molecule has 0 aliphatic carbocycles. The van der Waals surface area contributed by atoms with E-state index >= 15 is 0 Å². The number of hydrogen-bond donors (Lipinski definition) is 2. The molecule has 0 radical (unpaired) electrons. The van der Waals surface area contributed by atoms with E-state index in [-0.39, 0.29) is 18.7 Å². The Morgan fingerprint density at radius 3 is 2.61 bits per heavy atom. The summed E-state index contributed by atoms with van der Waals surface area (Å²) >= 11 is 0. The van der Waals surface area contributed by atoms with Gasteiger partial charge < -0.3 is 24.8 Å². The minimum atomic E-state index is -0.658. The predicted octanol–water partition coefficient (Wildman–Crippen LogP) is 4.24. The van der Waals surface area contributed by atoms with Gasteiger partial charge in [-0.1, -0.05) is 42.8 Å². The summed E-state index contributed by atoms with van der Waals surface area (Å²) in [5.41, 5.74) is 3.83. The Morgan fingerprint density at radius 2 is 1.89 bits per heavy atom. The van der Waals surface area contributed by atoms with Gasteiger partial charge in [0.2, 0.25) is 0 Å². The molecule has 192 valence electrons. The van der Waals surface area contributed by atoms with E-state index in [0.29, 0.717) is 30.2 Å². The normalized spacial score (nSPS) is 20.5. The first-order valence-corrected chi connectivity index (χ1v) is 12.5. The third-order valence-corrected chi connectivity index (χ3v) is 6.75. The van der Waals surface area contributed by atoms with Crippen LogP contribution in [-0.2, 0) is 20.9 Å². The first-order valence-electron chi connectivity index (χ1n) is 12.5. The molecular formula is C28H35N3O5. The second kappa shape index (κ2) is 12.1. The van der Waals surface area contributed by atoms with Crippen molar-refractivity contribution in [2.24, 2.45) is 0 Å². The molecule has 0 saturated carbocycles. The van der Waals surface area contributed by atoms with Gasteiger partial charge in [-0.2, -0.15) is 0 Å². The molecule has 2 amide bonds. The van der Waals surface area contributed by atoms with E-state index in [0.717, 1.165) is 36.9 Å². The van der Waals surface area contributed by atoms with Crippen molar-refractivity contribution in [3.8, 4) is 5.75 Å². The highest BCUT2D eigenvalue weighted by Gasteiger charge is 2.36. The minimum Gasteiger partial charge on any atom is -0.496 e. The number of likely N-dealkylation sites (tertiary alicyclic amines) is 1. The van der Waals surface area contributed by atoms with Crippen LogP contribution in [0.2, 0.25) is 0 Å². The number of nitrogens with one attached hydrogen (secondary N) is 2. The fourth-order valence-electron chi connectivity index (χ4n) is 5.12. The number of benzene rings is 2. The Bertz CT molecular complexity index is 1100. The second-order valence-electron chi connectivity index (χ2n) is 9.04. The number of urea groups is 1. The van der Waals surface area contributed by atoms with E-state index in [2.05, 4.69) is 39.8 Å². The van der Waals surface area contributed by atoms with Crippen molar-refractivity contribution in [1.29, 1.82) is 0 Å². The van der Waals surface area contributed by atoms with E-state index < -0.39 is 12.0 Å². The number of rotatable bonds is 9. The van der Waals surface area contributed by atoms with Crippen LogP contribution in [-0.4, -0.2) is 50.8 Å². The zero-order chi connectivity index (χ0) is 25.5. The molecular weight excluding hydrogens is 458 g/mol. The van der Waals surface area contributed by atoms with Crippen molar-refractivity contribution in [1.82, 2.24) is 15.5 Å². The number of carbonyl (C=O) groups excluding carboxylic acids is 2. The van der Waals surface area contributed by atoms with Gasteiger partial charge >= 0.3 is 12.0 Å². The van der Waals surface area contributed by atoms with Gasteiger partial charge in [0.25, 0.3) is 0 Å². The number of piperidine rings is 1. The van der Waals surface area contributed by atoms with Crippen LogP contribution in [0, 0.1) is 0 Å². The molecule has 36 heavy (non-hydrogen) atoms. The number of esters is 1. The Kier molecular flexibility index (Phi) is 8.61. The number of hydrogen-bond acceptors (Lipinski definition) is 6. The highest BCUT2D eigenvalue weighted by molar-refractivity contribution is 5.95. The van der Waals surface area contributed by atoms with Gasteiger partial charge in [0, 0.05) is 31.0 Å². The SMILES string of the molecule is CCOC(=O)C1=C(CN2CCCCC2c2ccccc2)NC(=O)NC1c1ccc(OC)c(COC)c1. The Hall–Kier alpha value is -3.36. The molecule has 0 bridgehead atoms. The van der Waals surface area contributed by atoms with Crippen molar-refractivity contribution >= 4 is 12.0 Å². The summed E-state index contributed by atoms with van der Waals surface area (Å²) in [6, 6.07) is 15.2. The smallest absolute Gasteiger partial charge is 0.338 e. The predicted molar refractivity (Wildman–Crippen MR) is 136 cm³/mol. The molecule has 2 atom stereocenters. The summed E-state index contributed by atoms with van der Waals surface area (Å²) in [6.45, 7) is 3.69. The standard InChI is InChI=1S/C28H35N3O5/c1-4-36-27(32)25-22(17-31-15-9-8-12-23(31)19-10-6-5-7-11-19)29-28(33)30-26(25)20-13-14-24(35-3)21(16-20)18-34-2/h5-7,10-11,13-14,16,23,26H,4,8-9,12,15,17-18H2,1-3H3,(H2,29,30,33). The maximum Gasteiger partial charge on any atom is 0.338 e. The summed E-state index contributed by atoms with van der Waals surface area (Å²) in [4.78, 5) is 28.5. The first kappa shape index (κ1) is 25.7. The molecule has 2 aromatic carbocycles. The summed E-state index contributed by atoms with van der Waals surface area (Å²) in [5.74, 6) is 0.240. The van der Waals surface area contributed by atoms with Crippen LogP contribution in [0.15, 0.2) is 59.8 Å². The summed E-state index contributed by atoms with van der Waals surface area (Å²) in [6.07, 6.45) is 3.24. The van der Waals surface area contributed by atoms with Gasteiger partial charge in [-0.15, -0.1) is 0 Å². The van der Waals surface area contributed by atoms with E-state index in [1.165, 1.54) is 5.56 Å². The van der Waals surface area contributed by atoms with Crippen LogP contribution in [0.3, 0.4) is 0 Å². The van der Waals surface area contributed by atoms with Crippen molar-refractivity contribution < 1.29 is 23.8 Å². The van der Waals surface area contributed by atoms with Crippen molar-refractivity contribution in [3.63, 3.8) is 0 Å². The van der Waals surface area contributed by atoms with Crippen molar-refractivity contribution in [2.75, 3.05) is 33.9 Å². The highest BCUT2D eigenvalue weighted by Crippen LogP contribution is 2.35. The van der Waals surface area contributed by atoms with Crippen LogP contribution >= 0.6 is 0 Å². The number of amides is 2.